The molecule has 1 amide bonds. The molecule has 2 aromatic heterocycles. The third-order valence-electron chi connectivity index (χ3n) is 5.29. The molecule has 7 nitrogen and oxygen atoms in total. The number of nitrogens with one attached hydrogen (secondary N) is 1. The Morgan fingerprint density at radius 1 is 1.00 bits per heavy atom. The molecule has 0 saturated heterocycles. The van der Waals surface area contributed by atoms with Gasteiger partial charge in [0.25, 0.3) is 0 Å². The van der Waals surface area contributed by atoms with Gasteiger partial charge < -0.3 is 10.1 Å². The first-order chi connectivity index (χ1) is 16.6. The number of ether oxygens (including phenoxy) is 1. The van der Waals surface area contributed by atoms with E-state index in [4.69, 9.17) is 4.74 Å². The number of pyridine rings is 1. The molecule has 0 fully saturated rings. The fourth-order valence-corrected chi connectivity index (χ4v) is 4.37. The Balaban J connectivity index is 1.60. The maximum absolute atomic E-state index is 13.0. The van der Waals surface area contributed by atoms with Crippen molar-refractivity contribution >= 4 is 17.7 Å². The lowest BCUT2D eigenvalue weighted by Crippen LogP contribution is -2.33. The standard InChI is InChI=1S/C26H27N5O2S/c1-4-33-23-12-10-22(11-13-23)31-24(21-14-16-27-17-15-21)29-30-26(31)34-19(3)25(32)28-18(2)20-8-6-5-7-9-20/h5-19H,4H2,1-3H3,(H,28,32). The molecule has 0 aliphatic carbocycles. The number of hydrogen-bond acceptors (Lipinski definition) is 6. The summed E-state index contributed by atoms with van der Waals surface area (Å²) in [6.07, 6.45) is 3.45. The van der Waals surface area contributed by atoms with Gasteiger partial charge in [-0.15, -0.1) is 10.2 Å². The summed E-state index contributed by atoms with van der Waals surface area (Å²) in [6, 6.07) is 21.4. The number of thioether (sulfide) groups is 1. The fourth-order valence-electron chi connectivity index (χ4n) is 3.49. The van der Waals surface area contributed by atoms with Crippen molar-refractivity contribution in [2.24, 2.45) is 0 Å². The number of hydrogen-bond donors (Lipinski definition) is 1. The van der Waals surface area contributed by atoms with E-state index in [0.29, 0.717) is 17.6 Å². The quantitative estimate of drug-likeness (QED) is 0.341. The lowest BCUT2D eigenvalue weighted by Gasteiger charge is -2.18. The molecule has 0 bridgehead atoms. The van der Waals surface area contributed by atoms with E-state index in [1.54, 1.807) is 12.4 Å². The fraction of sp³-hybridized carbons (Fsp3) is 0.231. The zero-order chi connectivity index (χ0) is 23.9. The smallest absolute Gasteiger partial charge is 0.233 e. The van der Waals surface area contributed by atoms with E-state index < -0.39 is 0 Å². The van der Waals surface area contributed by atoms with Crippen molar-refractivity contribution in [3.63, 3.8) is 0 Å². The molecule has 0 radical (unpaired) electrons. The highest BCUT2D eigenvalue weighted by Crippen LogP contribution is 2.31. The van der Waals surface area contributed by atoms with E-state index in [0.717, 1.165) is 22.6 Å². The first kappa shape index (κ1) is 23.5. The molecule has 4 aromatic rings. The second kappa shape index (κ2) is 11.0. The lowest BCUT2D eigenvalue weighted by molar-refractivity contribution is -0.120. The largest absolute Gasteiger partial charge is 0.494 e. The van der Waals surface area contributed by atoms with Gasteiger partial charge >= 0.3 is 0 Å². The van der Waals surface area contributed by atoms with Crippen LogP contribution < -0.4 is 10.1 Å². The normalized spacial score (nSPS) is 12.7. The lowest BCUT2D eigenvalue weighted by atomic mass is 10.1. The highest BCUT2D eigenvalue weighted by atomic mass is 32.2. The summed E-state index contributed by atoms with van der Waals surface area (Å²) in [5.74, 6) is 1.41. The van der Waals surface area contributed by atoms with Crippen molar-refractivity contribution in [3.05, 3.63) is 84.7 Å². The Morgan fingerprint density at radius 3 is 2.38 bits per heavy atom. The molecule has 2 aromatic carbocycles. The average molecular weight is 474 g/mol. The number of benzene rings is 2. The van der Waals surface area contributed by atoms with Crippen LogP contribution in [0.3, 0.4) is 0 Å². The Labute approximate surface area is 203 Å². The molecule has 0 aliphatic heterocycles. The molecule has 174 valence electrons. The van der Waals surface area contributed by atoms with E-state index in [1.807, 2.05) is 92.1 Å². The second-order valence-electron chi connectivity index (χ2n) is 7.71. The Morgan fingerprint density at radius 2 is 1.71 bits per heavy atom. The van der Waals surface area contributed by atoms with E-state index in [1.165, 1.54) is 11.8 Å². The molecule has 4 rings (SSSR count). The second-order valence-corrected chi connectivity index (χ2v) is 9.01. The minimum atomic E-state index is -0.373. The third kappa shape index (κ3) is 5.46. The van der Waals surface area contributed by atoms with Gasteiger partial charge in [-0.1, -0.05) is 42.1 Å². The van der Waals surface area contributed by atoms with Gasteiger partial charge in [-0.2, -0.15) is 0 Å². The van der Waals surface area contributed by atoms with Gasteiger partial charge in [0.1, 0.15) is 5.75 Å². The van der Waals surface area contributed by atoms with Crippen molar-refractivity contribution in [2.45, 2.75) is 37.2 Å². The van der Waals surface area contributed by atoms with Crippen LogP contribution in [-0.4, -0.2) is 37.5 Å². The highest BCUT2D eigenvalue weighted by Gasteiger charge is 2.23. The molecule has 34 heavy (non-hydrogen) atoms. The van der Waals surface area contributed by atoms with Crippen LogP contribution in [0.2, 0.25) is 0 Å². The number of carbonyl (C=O) groups is 1. The summed E-state index contributed by atoms with van der Waals surface area (Å²) in [6.45, 7) is 6.41. The molecule has 2 unspecified atom stereocenters. The Kier molecular flexibility index (Phi) is 7.59. The van der Waals surface area contributed by atoms with Crippen LogP contribution >= 0.6 is 11.8 Å². The minimum absolute atomic E-state index is 0.0620. The van der Waals surface area contributed by atoms with E-state index in [-0.39, 0.29) is 17.2 Å². The summed E-state index contributed by atoms with van der Waals surface area (Å²) in [4.78, 5) is 17.1. The summed E-state index contributed by atoms with van der Waals surface area (Å²) in [5, 5.41) is 12.2. The van der Waals surface area contributed by atoms with E-state index >= 15 is 0 Å². The van der Waals surface area contributed by atoms with Crippen LogP contribution in [0.1, 0.15) is 32.4 Å². The molecule has 0 saturated carbocycles. The topological polar surface area (TPSA) is 81.9 Å². The third-order valence-corrected chi connectivity index (χ3v) is 6.33. The average Bonchev–Trinajstić information content (AvgIpc) is 3.29. The molecular formula is C26H27N5O2S. The zero-order valence-corrected chi connectivity index (χ0v) is 20.2. The van der Waals surface area contributed by atoms with E-state index in [2.05, 4.69) is 20.5 Å². The summed E-state index contributed by atoms with van der Waals surface area (Å²) < 4.78 is 7.54. The first-order valence-electron chi connectivity index (χ1n) is 11.2. The Hall–Kier alpha value is -3.65. The molecule has 1 N–H and O–H groups in total. The van der Waals surface area contributed by atoms with Crippen molar-refractivity contribution in [1.82, 2.24) is 25.1 Å². The summed E-state index contributed by atoms with van der Waals surface area (Å²) in [7, 11) is 0. The minimum Gasteiger partial charge on any atom is -0.494 e. The van der Waals surface area contributed by atoms with Gasteiger partial charge in [-0.3, -0.25) is 14.3 Å². The molecule has 2 heterocycles. The molecule has 8 heteroatoms. The van der Waals surface area contributed by atoms with Crippen LogP contribution in [0, 0.1) is 0 Å². The van der Waals surface area contributed by atoms with Gasteiger partial charge in [0.05, 0.1) is 17.9 Å². The van der Waals surface area contributed by atoms with Crippen LogP contribution in [0.15, 0.2) is 84.3 Å². The monoisotopic (exact) mass is 473 g/mol. The summed E-state index contributed by atoms with van der Waals surface area (Å²) in [5.41, 5.74) is 2.83. The number of aromatic nitrogens is 4. The van der Waals surface area contributed by atoms with Gasteiger partial charge in [0.15, 0.2) is 11.0 Å². The van der Waals surface area contributed by atoms with Crippen LogP contribution in [-0.2, 0) is 4.79 Å². The van der Waals surface area contributed by atoms with Crippen LogP contribution in [0.4, 0.5) is 0 Å². The number of nitrogens with zero attached hydrogens (tertiary/aromatic N) is 4. The summed E-state index contributed by atoms with van der Waals surface area (Å²) >= 11 is 1.37. The van der Waals surface area contributed by atoms with Gasteiger partial charge in [0.2, 0.25) is 5.91 Å². The van der Waals surface area contributed by atoms with Gasteiger partial charge in [-0.05, 0) is 62.7 Å². The highest BCUT2D eigenvalue weighted by molar-refractivity contribution is 8.00. The maximum atomic E-state index is 13.0. The molecule has 2 atom stereocenters. The van der Waals surface area contributed by atoms with E-state index in [9.17, 15) is 4.79 Å². The Bertz CT molecular complexity index is 1210. The molecular weight excluding hydrogens is 446 g/mol. The number of amides is 1. The SMILES string of the molecule is CCOc1ccc(-n2c(SC(C)C(=O)NC(C)c3ccccc3)nnc2-c2ccncc2)cc1. The van der Waals surface area contributed by atoms with Gasteiger partial charge in [0, 0.05) is 23.6 Å². The van der Waals surface area contributed by atoms with Crippen molar-refractivity contribution in [2.75, 3.05) is 6.61 Å². The van der Waals surface area contributed by atoms with Crippen molar-refractivity contribution < 1.29 is 9.53 Å². The zero-order valence-electron chi connectivity index (χ0n) is 19.4. The number of rotatable bonds is 9. The van der Waals surface area contributed by atoms with Crippen LogP contribution in [0.25, 0.3) is 17.1 Å². The van der Waals surface area contributed by atoms with Gasteiger partial charge in [-0.25, -0.2) is 0 Å². The van der Waals surface area contributed by atoms with Crippen molar-refractivity contribution in [1.29, 1.82) is 0 Å². The number of carbonyl (C=O) groups excluding carboxylic acids is 1. The van der Waals surface area contributed by atoms with Crippen LogP contribution in [0.5, 0.6) is 5.75 Å². The first-order valence-corrected chi connectivity index (χ1v) is 12.1. The maximum Gasteiger partial charge on any atom is 0.233 e. The molecule has 0 spiro atoms. The predicted octanol–water partition coefficient (Wildman–Crippen LogP) is 5.09. The van der Waals surface area contributed by atoms with Crippen molar-refractivity contribution in [3.8, 4) is 22.8 Å². The molecule has 0 aliphatic rings. The predicted molar refractivity (Wildman–Crippen MR) is 134 cm³/mol.